The summed E-state index contributed by atoms with van der Waals surface area (Å²) in [6.07, 6.45) is -5.50. The number of ether oxygens (including phenoxy) is 4. The van der Waals surface area contributed by atoms with Gasteiger partial charge in [-0.2, -0.15) is 13.2 Å². The van der Waals surface area contributed by atoms with Crippen LogP contribution in [0.4, 0.5) is 18.9 Å². The van der Waals surface area contributed by atoms with Gasteiger partial charge in [0.15, 0.2) is 5.96 Å². The van der Waals surface area contributed by atoms with Crippen LogP contribution in [0.2, 0.25) is 0 Å². The lowest BCUT2D eigenvalue weighted by molar-refractivity contribution is -0.192. The highest BCUT2D eigenvalue weighted by Crippen LogP contribution is 2.46. The normalized spacial score (nSPS) is 15.1. The number of guanidine groups is 1. The minimum atomic E-state index is -5.08. The number of carbonyl (C=O) groups excluding carboxylic acids is 4. The molecule has 14 nitrogen and oxygen atoms in total. The number of fused-ring (bicyclic) bond motifs is 1. The van der Waals surface area contributed by atoms with Crippen molar-refractivity contribution in [1.29, 1.82) is 0 Å². The van der Waals surface area contributed by atoms with E-state index in [1.54, 1.807) is 66.7 Å². The summed E-state index contributed by atoms with van der Waals surface area (Å²) in [4.78, 5) is 64.8. The molecule has 50 heavy (non-hydrogen) atoms. The molecule has 0 radical (unpaired) electrons. The van der Waals surface area contributed by atoms with Crippen molar-refractivity contribution in [2.75, 3.05) is 6.61 Å². The molecule has 2 aromatic rings. The lowest BCUT2D eigenvalue weighted by Gasteiger charge is -2.31. The van der Waals surface area contributed by atoms with Crippen LogP contribution in [0.5, 0.6) is 11.5 Å². The van der Waals surface area contributed by atoms with E-state index in [-0.39, 0.29) is 23.9 Å². The van der Waals surface area contributed by atoms with Crippen LogP contribution < -0.4 is 26.7 Å². The SMILES string of the molecule is Cc1cc(OC(=O)c2ccc(N=C(N)N)cc2)cc2c1C([C@H](C(N)=O)C(CC(=O)OC(C)(C)C)C(=O)OC(C)(C)C)CO2.O=C(O)C(F)(F)F. The Balaban J connectivity index is 0.00000112. The first kappa shape index (κ1) is 40.8. The van der Waals surface area contributed by atoms with Crippen molar-refractivity contribution >= 4 is 41.4 Å². The maximum absolute atomic E-state index is 13.4. The fourth-order valence-electron chi connectivity index (χ4n) is 4.89. The van der Waals surface area contributed by atoms with Gasteiger partial charge in [0.25, 0.3) is 0 Å². The molecule has 1 aliphatic rings. The highest BCUT2D eigenvalue weighted by atomic mass is 19.4. The Bertz CT molecular complexity index is 1620. The molecule has 17 heteroatoms. The maximum Gasteiger partial charge on any atom is 0.490 e. The number of primary amides is 1. The molecule has 274 valence electrons. The van der Waals surface area contributed by atoms with Gasteiger partial charge in [-0.3, -0.25) is 14.4 Å². The number of carbonyl (C=O) groups is 5. The summed E-state index contributed by atoms with van der Waals surface area (Å²) in [6, 6.07) is 9.34. The summed E-state index contributed by atoms with van der Waals surface area (Å²) >= 11 is 0. The Labute approximate surface area is 286 Å². The molecule has 0 bridgehead atoms. The van der Waals surface area contributed by atoms with Crippen molar-refractivity contribution in [2.45, 2.75) is 78.2 Å². The number of hydrogen-bond donors (Lipinski definition) is 4. The van der Waals surface area contributed by atoms with Crippen LogP contribution in [0.3, 0.4) is 0 Å². The number of hydrogen-bond acceptors (Lipinski definition) is 10. The Morgan fingerprint density at radius 2 is 1.48 bits per heavy atom. The Morgan fingerprint density at radius 3 is 1.94 bits per heavy atom. The zero-order valence-corrected chi connectivity index (χ0v) is 28.5. The van der Waals surface area contributed by atoms with Gasteiger partial charge in [0.1, 0.15) is 22.7 Å². The number of rotatable bonds is 9. The van der Waals surface area contributed by atoms with E-state index in [9.17, 15) is 32.3 Å². The first-order valence-electron chi connectivity index (χ1n) is 15.0. The first-order valence-corrected chi connectivity index (χ1v) is 15.0. The van der Waals surface area contributed by atoms with Crippen molar-refractivity contribution in [1.82, 2.24) is 0 Å². The first-order chi connectivity index (χ1) is 22.8. The topological polar surface area (TPSA) is 233 Å². The van der Waals surface area contributed by atoms with Crippen molar-refractivity contribution in [3.8, 4) is 11.5 Å². The number of aliphatic carboxylic acids is 1. The lowest BCUT2D eigenvalue weighted by atomic mass is 9.75. The monoisotopic (exact) mass is 710 g/mol. The second-order valence-corrected chi connectivity index (χ2v) is 13.2. The van der Waals surface area contributed by atoms with Gasteiger partial charge in [0, 0.05) is 17.5 Å². The predicted molar refractivity (Wildman–Crippen MR) is 172 cm³/mol. The van der Waals surface area contributed by atoms with Crippen LogP contribution >= 0.6 is 0 Å². The molecule has 0 aromatic heterocycles. The molecule has 0 saturated heterocycles. The fraction of sp³-hybridized carbons (Fsp3) is 0.455. The smallest absolute Gasteiger partial charge is 0.490 e. The highest BCUT2D eigenvalue weighted by molar-refractivity contribution is 5.92. The third-order valence-electron chi connectivity index (χ3n) is 6.64. The number of alkyl halides is 3. The number of carboxylic acids is 1. The third kappa shape index (κ3) is 12.3. The summed E-state index contributed by atoms with van der Waals surface area (Å²) in [6.45, 7) is 11.9. The fourth-order valence-corrected chi connectivity index (χ4v) is 4.89. The van der Waals surface area contributed by atoms with Gasteiger partial charge in [-0.25, -0.2) is 14.6 Å². The summed E-state index contributed by atoms with van der Waals surface area (Å²) in [5, 5.41) is 7.12. The summed E-state index contributed by atoms with van der Waals surface area (Å²) in [5.74, 6) is -8.18. The highest BCUT2D eigenvalue weighted by Gasteiger charge is 2.46. The second kappa shape index (κ2) is 15.9. The molecule has 0 fully saturated rings. The molecule has 1 aliphatic heterocycles. The summed E-state index contributed by atoms with van der Waals surface area (Å²) in [7, 11) is 0. The van der Waals surface area contributed by atoms with Gasteiger partial charge in [-0.15, -0.1) is 0 Å². The van der Waals surface area contributed by atoms with Crippen molar-refractivity contribution < 1.29 is 61.2 Å². The number of nitrogens with two attached hydrogens (primary N) is 3. The zero-order valence-electron chi connectivity index (χ0n) is 28.5. The number of nitrogens with zero attached hydrogens (tertiary/aromatic N) is 1. The molecule has 0 aliphatic carbocycles. The van der Waals surface area contributed by atoms with Crippen LogP contribution in [0.1, 0.15) is 75.4 Å². The van der Waals surface area contributed by atoms with E-state index in [0.29, 0.717) is 22.6 Å². The minimum absolute atomic E-state index is 0.00104. The van der Waals surface area contributed by atoms with Crippen molar-refractivity contribution in [3.05, 3.63) is 53.1 Å². The van der Waals surface area contributed by atoms with E-state index in [1.807, 2.05) is 0 Å². The van der Waals surface area contributed by atoms with Gasteiger partial charge in [-0.1, -0.05) is 0 Å². The van der Waals surface area contributed by atoms with Gasteiger partial charge >= 0.3 is 30.1 Å². The van der Waals surface area contributed by atoms with Crippen LogP contribution in [0.25, 0.3) is 0 Å². The number of aryl methyl sites for hydroxylation is 1. The van der Waals surface area contributed by atoms with Crippen LogP contribution in [-0.4, -0.2) is 64.8 Å². The van der Waals surface area contributed by atoms with E-state index in [0.717, 1.165) is 0 Å². The van der Waals surface area contributed by atoms with Crippen molar-refractivity contribution in [3.63, 3.8) is 0 Å². The number of amides is 1. The zero-order chi connectivity index (χ0) is 38.4. The maximum atomic E-state index is 13.4. The molecule has 1 heterocycles. The van der Waals surface area contributed by atoms with E-state index in [2.05, 4.69) is 4.99 Å². The average molecular weight is 711 g/mol. The van der Waals surface area contributed by atoms with E-state index in [4.69, 9.17) is 46.0 Å². The molecular weight excluding hydrogens is 669 g/mol. The minimum Gasteiger partial charge on any atom is -0.492 e. The average Bonchev–Trinajstić information content (AvgIpc) is 3.34. The largest absolute Gasteiger partial charge is 0.492 e. The van der Waals surface area contributed by atoms with E-state index >= 15 is 0 Å². The van der Waals surface area contributed by atoms with Crippen LogP contribution in [-0.2, 0) is 28.7 Å². The molecule has 3 atom stereocenters. The molecule has 3 rings (SSSR count). The second-order valence-electron chi connectivity index (χ2n) is 13.2. The van der Waals surface area contributed by atoms with Gasteiger partial charge in [0.2, 0.25) is 5.91 Å². The summed E-state index contributed by atoms with van der Waals surface area (Å²) in [5.41, 5.74) is 17.0. The Hall–Kier alpha value is -5.35. The van der Waals surface area contributed by atoms with Gasteiger partial charge < -0.3 is 41.3 Å². The predicted octanol–water partition coefficient (Wildman–Crippen LogP) is 4.02. The number of halogens is 3. The van der Waals surface area contributed by atoms with E-state index in [1.165, 1.54) is 18.2 Å². The quantitative estimate of drug-likeness (QED) is 0.125. The molecule has 2 aromatic carbocycles. The molecule has 7 N–H and O–H groups in total. The van der Waals surface area contributed by atoms with Crippen molar-refractivity contribution in [2.24, 2.45) is 34.0 Å². The van der Waals surface area contributed by atoms with Crippen LogP contribution in [0.15, 0.2) is 41.4 Å². The van der Waals surface area contributed by atoms with Gasteiger partial charge in [0.05, 0.1) is 36.1 Å². The molecular formula is C33H41F3N4O10. The summed E-state index contributed by atoms with van der Waals surface area (Å²) < 4.78 is 54.3. The lowest BCUT2D eigenvalue weighted by Crippen LogP contribution is -2.43. The Morgan fingerprint density at radius 1 is 0.940 bits per heavy atom. The third-order valence-corrected chi connectivity index (χ3v) is 6.64. The molecule has 1 amide bonds. The van der Waals surface area contributed by atoms with Crippen LogP contribution in [0, 0.1) is 18.8 Å². The number of esters is 3. The number of benzene rings is 2. The molecule has 0 saturated carbocycles. The number of carboxylic acid groups (broad SMARTS) is 1. The standard InChI is InChI=1S/C31H40N4O8.C2HF3O2/c1-16-12-19(41-27(38)17-8-10-18(11-9-17)35-29(33)34)13-22-24(16)21(15-40-22)25(26(32)37)20(28(39)43-31(5,6)7)14-23(36)42-30(2,3)4;3-2(4,5)1(6)7/h8-13,20-21,25H,14-15H2,1-7H3,(H2,32,37)(H4,33,34,35);(H,6,7)/t20?,21?,25-;/m1./s1. The molecule has 0 spiro atoms. The van der Waals surface area contributed by atoms with E-state index < -0.39 is 71.3 Å². The van der Waals surface area contributed by atoms with Gasteiger partial charge in [-0.05, 0) is 84.4 Å². The Kier molecular flexibility index (Phi) is 13.0. The molecule has 2 unspecified atom stereocenters. The number of aliphatic imine (C=N–C) groups is 1.